The molecule has 238 valence electrons. The largest absolute Gasteiger partial charge is 0.208 e. The Kier molecular flexibility index (Phi) is 7.00. The molecule has 0 spiro atoms. The molecule has 0 saturated carbocycles. The molecular weight excluding hydrogens is 639 g/mol. The van der Waals surface area contributed by atoms with Gasteiger partial charge in [-0.1, -0.05) is 152 Å². The molecule has 2 aromatic heterocycles. The lowest BCUT2D eigenvalue weighted by atomic mass is 9.94. The summed E-state index contributed by atoms with van der Waals surface area (Å²) in [5, 5.41) is 7.10. The lowest BCUT2D eigenvalue weighted by Crippen LogP contribution is -2.01. The third-order valence-electron chi connectivity index (χ3n) is 9.74. The van der Waals surface area contributed by atoms with E-state index in [1.54, 1.807) is 11.3 Å². The number of hydrogen-bond acceptors (Lipinski definition) is 4. The van der Waals surface area contributed by atoms with Crippen molar-refractivity contribution in [1.82, 2.24) is 15.0 Å². The van der Waals surface area contributed by atoms with Crippen molar-refractivity contribution in [2.75, 3.05) is 0 Å². The predicted octanol–water partition coefficient (Wildman–Crippen LogP) is 12.9. The molecular formula is C47H29N3S. The van der Waals surface area contributed by atoms with Gasteiger partial charge in [-0.25, -0.2) is 15.0 Å². The van der Waals surface area contributed by atoms with Gasteiger partial charge in [0, 0.05) is 36.9 Å². The summed E-state index contributed by atoms with van der Waals surface area (Å²) < 4.78 is 2.43. The van der Waals surface area contributed by atoms with Crippen molar-refractivity contribution >= 4 is 53.1 Å². The third kappa shape index (κ3) is 5.16. The minimum atomic E-state index is 0.649. The highest BCUT2D eigenvalue weighted by Gasteiger charge is 2.19. The van der Waals surface area contributed by atoms with E-state index in [0.29, 0.717) is 17.5 Å². The van der Waals surface area contributed by atoms with Crippen LogP contribution < -0.4 is 0 Å². The van der Waals surface area contributed by atoms with Crippen molar-refractivity contribution in [1.29, 1.82) is 0 Å². The Hall–Kier alpha value is -6.49. The SMILES string of the molecule is c1ccc(-c2ccc(-c3nc(-c4cc5ccc(-c6ccccc6)cc5c5ccccc45)nc(-c4cccc5c4sc4ccccc45)n3)cc2)cc1. The lowest BCUT2D eigenvalue weighted by molar-refractivity contribution is 1.08. The van der Waals surface area contributed by atoms with Gasteiger partial charge in [0.25, 0.3) is 0 Å². The maximum Gasteiger partial charge on any atom is 0.165 e. The van der Waals surface area contributed by atoms with Crippen molar-refractivity contribution in [3.63, 3.8) is 0 Å². The Balaban J connectivity index is 1.20. The molecule has 0 radical (unpaired) electrons. The molecule has 0 aliphatic heterocycles. The van der Waals surface area contributed by atoms with Crippen LogP contribution in [-0.4, -0.2) is 15.0 Å². The van der Waals surface area contributed by atoms with Crippen molar-refractivity contribution in [2.45, 2.75) is 0 Å². The van der Waals surface area contributed by atoms with Crippen molar-refractivity contribution in [2.24, 2.45) is 0 Å². The van der Waals surface area contributed by atoms with E-state index in [4.69, 9.17) is 15.0 Å². The van der Waals surface area contributed by atoms with Gasteiger partial charge in [0.05, 0.1) is 0 Å². The van der Waals surface area contributed by atoms with Crippen LogP contribution in [0, 0.1) is 0 Å². The molecule has 2 heterocycles. The number of thiophene rings is 1. The molecule has 8 aromatic carbocycles. The topological polar surface area (TPSA) is 38.7 Å². The molecule has 10 rings (SSSR count). The molecule has 4 heteroatoms. The molecule has 0 fully saturated rings. The van der Waals surface area contributed by atoms with E-state index in [-0.39, 0.29) is 0 Å². The summed E-state index contributed by atoms with van der Waals surface area (Å²) in [6.07, 6.45) is 0. The fraction of sp³-hybridized carbons (Fsp3) is 0. The van der Waals surface area contributed by atoms with Gasteiger partial charge in [-0.2, -0.15) is 0 Å². The fourth-order valence-corrected chi connectivity index (χ4v) is 8.42. The first-order valence-electron chi connectivity index (χ1n) is 17.1. The number of nitrogens with zero attached hydrogens (tertiary/aromatic N) is 3. The molecule has 10 aromatic rings. The third-order valence-corrected chi connectivity index (χ3v) is 11.0. The number of fused-ring (bicyclic) bond motifs is 6. The quantitative estimate of drug-likeness (QED) is 0.171. The molecule has 0 saturated heterocycles. The average molecular weight is 668 g/mol. The van der Waals surface area contributed by atoms with Crippen LogP contribution in [-0.2, 0) is 0 Å². The first-order chi connectivity index (χ1) is 25.3. The minimum absolute atomic E-state index is 0.649. The number of hydrogen-bond donors (Lipinski definition) is 0. The Morgan fingerprint density at radius 3 is 1.63 bits per heavy atom. The van der Waals surface area contributed by atoms with Crippen LogP contribution in [0.4, 0.5) is 0 Å². The van der Waals surface area contributed by atoms with Gasteiger partial charge in [0.15, 0.2) is 17.5 Å². The van der Waals surface area contributed by atoms with Gasteiger partial charge < -0.3 is 0 Å². The highest BCUT2D eigenvalue weighted by Crippen LogP contribution is 2.41. The molecule has 3 nitrogen and oxygen atoms in total. The summed E-state index contributed by atoms with van der Waals surface area (Å²) in [5.41, 5.74) is 7.67. The van der Waals surface area contributed by atoms with E-state index in [0.717, 1.165) is 33.0 Å². The summed E-state index contributed by atoms with van der Waals surface area (Å²) in [6.45, 7) is 0. The van der Waals surface area contributed by atoms with E-state index in [1.807, 2.05) is 6.07 Å². The number of rotatable bonds is 5. The van der Waals surface area contributed by atoms with Gasteiger partial charge >= 0.3 is 0 Å². The van der Waals surface area contributed by atoms with Crippen molar-refractivity contribution in [3.05, 3.63) is 176 Å². The van der Waals surface area contributed by atoms with Gasteiger partial charge in [0.1, 0.15) is 0 Å². The van der Waals surface area contributed by atoms with Gasteiger partial charge in [-0.3, -0.25) is 0 Å². The highest BCUT2D eigenvalue weighted by molar-refractivity contribution is 7.26. The molecule has 0 amide bonds. The van der Waals surface area contributed by atoms with Crippen LogP contribution >= 0.6 is 11.3 Å². The normalized spacial score (nSPS) is 11.5. The van der Waals surface area contributed by atoms with Crippen LogP contribution in [0.25, 0.3) is 98.1 Å². The second-order valence-corrected chi connectivity index (χ2v) is 13.9. The maximum atomic E-state index is 5.29. The maximum absolute atomic E-state index is 5.29. The van der Waals surface area contributed by atoms with E-state index in [9.17, 15) is 0 Å². The Morgan fingerprint density at radius 1 is 0.314 bits per heavy atom. The first kappa shape index (κ1) is 29.4. The standard InChI is InChI=1S/C47H29N3S/c1-3-12-30(13-4-1)32-22-24-33(25-23-32)45-48-46(40-20-11-19-39-38-18-9-10-21-43(38)51-44(39)40)50-47(49-45)42-29-35-27-26-34(31-14-5-2-6-15-31)28-41(35)36-16-7-8-17-37(36)42/h1-29H. The molecule has 0 atom stereocenters. The summed E-state index contributed by atoms with van der Waals surface area (Å²) in [4.78, 5) is 15.7. The van der Waals surface area contributed by atoms with Crippen molar-refractivity contribution < 1.29 is 0 Å². The van der Waals surface area contributed by atoms with Gasteiger partial charge in [0.2, 0.25) is 0 Å². The van der Waals surface area contributed by atoms with Crippen LogP contribution in [0.15, 0.2) is 176 Å². The van der Waals surface area contributed by atoms with Crippen molar-refractivity contribution in [3.8, 4) is 56.4 Å². The summed E-state index contributed by atoms with van der Waals surface area (Å²) >= 11 is 1.79. The zero-order chi connectivity index (χ0) is 33.7. The Bertz CT molecular complexity index is 2900. The zero-order valence-corrected chi connectivity index (χ0v) is 28.3. The average Bonchev–Trinajstić information content (AvgIpc) is 3.60. The van der Waals surface area contributed by atoms with Crippen LogP contribution in [0.1, 0.15) is 0 Å². The fourth-order valence-electron chi connectivity index (χ4n) is 7.21. The van der Waals surface area contributed by atoms with E-state index < -0.39 is 0 Å². The molecule has 0 aliphatic carbocycles. The second-order valence-electron chi connectivity index (χ2n) is 12.8. The van der Waals surface area contributed by atoms with E-state index in [1.165, 1.54) is 47.6 Å². The molecule has 0 unspecified atom stereocenters. The Morgan fingerprint density at radius 2 is 0.863 bits per heavy atom. The summed E-state index contributed by atoms with van der Waals surface area (Å²) in [7, 11) is 0. The second kappa shape index (κ2) is 12.1. The van der Waals surface area contributed by atoms with E-state index in [2.05, 4.69) is 170 Å². The highest BCUT2D eigenvalue weighted by atomic mass is 32.1. The molecule has 0 N–H and O–H groups in total. The molecule has 0 bridgehead atoms. The molecule has 51 heavy (non-hydrogen) atoms. The number of benzene rings is 8. The van der Waals surface area contributed by atoms with Crippen LogP contribution in [0.3, 0.4) is 0 Å². The first-order valence-corrected chi connectivity index (χ1v) is 17.9. The van der Waals surface area contributed by atoms with Gasteiger partial charge in [-0.05, 0) is 68.1 Å². The van der Waals surface area contributed by atoms with Crippen LogP contribution in [0.5, 0.6) is 0 Å². The van der Waals surface area contributed by atoms with Gasteiger partial charge in [-0.15, -0.1) is 11.3 Å². The summed E-state index contributed by atoms with van der Waals surface area (Å²) in [5.74, 6) is 1.98. The van der Waals surface area contributed by atoms with E-state index >= 15 is 0 Å². The lowest BCUT2D eigenvalue weighted by Gasteiger charge is -2.14. The predicted molar refractivity (Wildman–Crippen MR) is 215 cm³/mol. The van der Waals surface area contributed by atoms with Crippen LogP contribution in [0.2, 0.25) is 0 Å². The summed E-state index contributed by atoms with van der Waals surface area (Å²) in [6, 6.07) is 62.2. The number of aromatic nitrogens is 3. The molecule has 0 aliphatic rings. The smallest absolute Gasteiger partial charge is 0.165 e. The zero-order valence-electron chi connectivity index (χ0n) is 27.5. The monoisotopic (exact) mass is 667 g/mol. The minimum Gasteiger partial charge on any atom is -0.208 e. The Labute approximate surface area is 299 Å².